The highest BCUT2D eigenvalue weighted by atomic mass is 19.1. The number of nitrogens with zero attached hydrogens (tertiary/aromatic N) is 2. The fourth-order valence-corrected chi connectivity index (χ4v) is 4.89. The molecule has 0 saturated heterocycles. The van der Waals surface area contributed by atoms with E-state index in [-0.39, 0.29) is 30.2 Å². The van der Waals surface area contributed by atoms with E-state index in [1.54, 1.807) is 59.3 Å². The summed E-state index contributed by atoms with van der Waals surface area (Å²) in [4.78, 5) is 30.5. The normalized spacial score (nSPS) is 16.6. The standard InChI is InChI=1S/C32H31FN2O4/c1-34-19-9-10-20-35(32(37)30-18-17-29(39-30)25-13-5-7-15-27(25)33)24(21-23-11-3-2-4-12-23)22-38-28-16-8-6-14-26(28)31(34)36/h2-8,11-18,24H,9-10,19-22H2,1H3/t24-/m0/s1. The van der Waals surface area contributed by atoms with Gasteiger partial charge in [-0.05, 0) is 61.2 Å². The fraction of sp³-hybridized carbons (Fsp3) is 0.250. The smallest absolute Gasteiger partial charge is 0.289 e. The highest BCUT2D eigenvalue weighted by Crippen LogP contribution is 2.27. The molecule has 1 aromatic heterocycles. The Morgan fingerprint density at radius 2 is 1.56 bits per heavy atom. The number of halogens is 1. The third-order valence-corrected chi connectivity index (χ3v) is 7.01. The van der Waals surface area contributed by atoms with E-state index >= 15 is 0 Å². The van der Waals surface area contributed by atoms with Crippen LogP contribution in [-0.2, 0) is 6.42 Å². The number of benzene rings is 3. The molecule has 1 aliphatic heterocycles. The average Bonchev–Trinajstić information content (AvgIpc) is 3.45. The van der Waals surface area contributed by atoms with Gasteiger partial charge in [0, 0.05) is 20.1 Å². The summed E-state index contributed by atoms with van der Waals surface area (Å²) in [7, 11) is 1.78. The second-order valence-corrected chi connectivity index (χ2v) is 9.73. The van der Waals surface area contributed by atoms with Crippen LogP contribution in [0.2, 0.25) is 0 Å². The van der Waals surface area contributed by atoms with Crippen molar-refractivity contribution in [2.75, 3.05) is 26.7 Å². The Hall–Kier alpha value is -4.39. The van der Waals surface area contributed by atoms with Gasteiger partial charge in [0.1, 0.15) is 23.9 Å². The Kier molecular flexibility index (Phi) is 8.06. The summed E-state index contributed by atoms with van der Waals surface area (Å²) in [5.41, 5.74) is 1.86. The second kappa shape index (κ2) is 12.0. The van der Waals surface area contributed by atoms with E-state index in [0.717, 1.165) is 12.0 Å². The fourth-order valence-electron chi connectivity index (χ4n) is 4.89. The number of rotatable bonds is 4. The molecule has 5 rings (SSSR count). The molecule has 6 nitrogen and oxygen atoms in total. The molecule has 1 aliphatic rings. The van der Waals surface area contributed by atoms with Crippen LogP contribution < -0.4 is 4.74 Å². The molecular formula is C32H31FN2O4. The Morgan fingerprint density at radius 1 is 0.872 bits per heavy atom. The number of hydrogen-bond acceptors (Lipinski definition) is 4. The summed E-state index contributed by atoms with van der Waals surface area (Å²) in [6.45, 7) is 1.20. The predicted molar refractivity (Wildman–Crippen MR) is 147 cm³/mol. The number of furan rings is 1. The van der Waals surface area contributed by atoms with Gasteiger partial charge in [0.05, 0.1) is 17.2 Å². The third-order valence-electron chi connectivity index (χ3n) is 7.01. The van der Waals surface area contributed by atoms with Crippen molar-refractivity contribution < 1.29 is 23.1 Å². The number of hydrogen-bond donors (Lipinski definition) is 0. The summed E-state index contributed by atoms with van der Waals surface area (Å²) in [5, 5.41) is 0. The maximum Gasteiger partial charge on any atom is 0.289 e. The average molecular weight is 527 g/mol. The molecule has 0 N–H and O–H groups in total. The van der Waals surface area contributed by atoms with Crippen molar-refractivity contribution in [1.82, 2.24) is 9.80 Å². The molecule has 4 aromatic rings. The molecule has 0 aliphatic carbocycles. The van der Waals surface area contributed by atoms with Gasteiger partial charge in [-0.25, -0.2) is 4.39 Å². The summed E-state index contributed by atoms with van der Waals surface area (Å²) in [5.74, 6) is 0.152. The lowest BCUT2D eigenvalue weighted by Crippen LogP contribution is -2.46. The molecule has 3 aromatic carbocycles. The van der Waals surface area contributed by atoms with Crippen molar-refractivity contribution in [2.24, 2.45) is 0 Å². The van der Waals surface area contributed by atoms with E-state index in [9.17, 15) is 14.0 Å². The second-order valence-electron chi connectivity index (χ2n) is 9.73. The highest BCUT2D eigenvalue weighted by Gasteiger charge is 2.29. The first-order valence-corrected chi connectivity index (χ1v) is 13.2. The van der Waals surface area contributed by atoms with E-state index in [1.807, 2.05) is 42.5 Å². The summed E-state index contributed by atoms with van der Waals surface area (Å²) >= 11 is 0. The van der Waals surface area contributed by atoms with Crippen LogP contribution in [-0.4, -0.2) is 54.4 Å². The summed E-state index contributed by atoms with van der Waals surface area (Å²) in [6.07, 6.45) is 1.98. The number of para-hydroxylation sites is 1. The zero-order chi connectivity index (χ0) is 27.2. The minimum Gasteiger partial charge on any atom is -0.491 e. The number of carbonyl (C=O) groups is 2. The van der Waals surface area contributed by atoms with Crippen LogP contribution in [0.3, 0.4) is 0 Å². The molecular weight excluding hydrogens is 495 g/mol. The number of fused-ring (bicyclic) bond motifs is 1. The lowest BCUT2D eigenvalue weighted by Gasteiger charge is -2.32. The molecule has 0 bridgehead atoms. The minimum atomic E-state index is -0.412. The highest BCUT2D eigenvalue weighted by molar-refractivity contribution is 5.96. The van der Waals surface area contributed by atoms with E-state index in [0.29, 0.717) is 48.6 Å². The first-order chi connectivity index (χ1) is 19.0. The van der Waals surface area contributed by atoms with Crippen molar-refractivity contribution in [3.8, 4) is 17.1 Å². The van der Waals surface area contributed by atoms with Gasteiger partial charge in [-0.1, -0.05) is 54.6 Å². The van der Waals surface area contributed by atoms with Gasteiger partial charge >= 0.3 is 0 Å². The zero-order valence-electron chi connectivity index (χ0n) is 21.9. The Bertz CT molecular complexity index is 1430. The van der Waals surface area contributed by atoms with Crippen LogP contribution >= 0.6 is 0 Å². The molecule has 0 fully saturated rings. The molecule has 2 amide bonds. The van der Waals surface area contributed by atoms with E-state index in [1.165, 1.54) is 6.07 Å². The van der Waals surface area contributed by atoms with Crippen molar-refractivity contribution in [1.29, 1.82) is 0 Å². The zero-order valence-corrected chi connectivity index (χ0v) is 21.9. The van der Waals surface area contributed by atoms with Gasteiger partial charge in [0.25, 0.3) is 11.8 Å². The monoisotopic (exact) mass is 526 g/mol. The van der Waals surface area contributed by atoms with Gasteiger partial charge in [-0.15, -0.1) is 0 Å². The third kappa shape index (κ3) is 6.03. The first-order valence-electron chi connectivity index (χ1n) is 13.2. The SMILES string of the molecule is CN1CCCCN(C(=O)c2ccc(-c3ccccc3F)o2)[C@@H](Cc2ccccc2)COc2ccccc2C1=O. The molecule has 7 heteroatoms. The van der Waals surface area contributed by atoms with Gasteiger partial charge in [0.2, 0.25) is 0 Å². The predicted octanol–water partition coefficient (Wildman–Crippen LogP) is 6.08. The Balaban J connectivity index is 1.48. The lowest BCUT2D eigenvalue weighted by atomic mass is 10.0. The van der Waals surface area contributed by atoms with Crippen molar-refractivity contribution in [3.05, 3.63) is 114 Å². The van der Waals surface area contributed by atoms with Crippen LogP contribution in [0.4, 0.5) is 4.39 Å². The molecule has 1 atom stereocenters. The number of amides is 2. The van der Waals surface area contributed by atoms with E-state index in [2.05, 4.69) is 0 Å². The van der Waals surface area contributed by atoms with Gasteiger partial charge in [-0.3, -0.25) is 9.59 Å². The minimum absolute atomic E-state index is 0.0880. The van der Waals surface area contributed by atoms with Crippen LogP contribution in [0.15, 0.2) is 95.4 Å². The molecule has 200 valence electrons. The summed E-state index contributed by atoms with van der Waals surface area (Å²) in [6, 6.07) is 26.4. The maximum atomic E-state index is 14.4. The topological polar surface area (TPSA) is 63.0 Å². The van der Waals surface area contributed by atoms with Crippen LogP contribution in [0.1, 0.15) is 39.3 Å². The first kappa shape index (κ1) is 26.2. The number of ether oxygens (including phenoxy) is 1. The molecule has 0 spiro atoms. The van der Waals surface area contributed by atoms with Crippen LogP contribution in [0.25, 0.3) is 11.3 Å². The number of carbonyl (C=O) groups excluding carboxylic acids is 2. The molecule has 0 unspecified atom stereocenters. The molecule has 2 heterocycles. The van der Waals surface area contributed by atoms with Gasteiger partial charge in [-0.2, -0.15) is 0 Å². The quantitative estimate of drug-likeness (QED) is 0.323. The van der Waals surface area contributed by atoms with E-state index in [4.69, 9.17) is 9.15 Å². The van der Waals surface area contributed by atoms with Crippen molar-refractivity contribution >= 4 is 11.8 Å². The molecule has 0 radical (unpaired) electrons. The van der Waals surface area contributed by atoms with Crippen molar-refractivity contribution in [2.45, 2.75) is 25.3 Å². The van der Waals surface area contributed by atoms with Crippen LogP contribution in [0.5, 0.6) is 5.75 Å². The van der Waals surface area contributed by atoms with E-state index < -0.39 is 5.82 Å². The largest absolute Gasteiger partial charge is 0.491 e. The van der Waals surface area contributed by atoms with Gasteiger partial charge in [0.15, 0.2) is 5.76 Å². The van der Waals surface area contributed by atoms with Crippen molar-refractivity contribution in [3.63, 3.8) is 0 Å². The lowest BCUT2D eigenvalue weighted by molar-refractivity contribution is 0.0562. The van der Waals surface area contributed by atoms with Gasteiger partial charge < -0.3 is 19.0 Å². The molecule has 0 saturated carbocycles. The Labute approximate surface area is 227 Å². The maximum absolute atomic E-state index is 14.4. The Morgan fingerprint density at radius 3 is 2.36 bits per heavy atom. The summed E-state index contributed by atoms with van der Waals surface area (Å²) < 4.78 is 26.5. The van der Waals surface area contributed by atoms with Crippen LogP contribution in [0, 0.1) is 5.82 Å². The molecule has 39 heavy (non-hydrogen) atoms.